The molecule has 2 bridgehead atoms. The summed E-state index contributed by atoms with van der Waals surface area (Å²) in [5, 5.41) is 27.4. The molecule has 196 valence electrons. The summed E-state index contributed by atoms with van der Waals surface area (Å²) >= 11 is 0. The number of phenols is 2. The summed E-state index contributed by atoms with van der Waals surface area (Å²) < 4.78 is 5.37. The van der Waals surface area contributed by atoms with Crippen LogP contribution >= 0.6 is 0 Å². The van der Waals surface area contributed by atoms with E-state index in [1.165, 1.54) is 6.07 Å². The lowest BCUT2D eigenvalue weighted by Crippen LogP contribution is -2.28. The van der Waals surface area contributed by atoms with E-state index in [4.69, 9.17) is 10.5 Å². The molecular formula is C28H39N3O5. The number of hydrogen-bond donors (Lipinski definition) is 5. The quantitative estimate of drug-likeness (QED) is 0.206. The Hall–Kier alpha value is -3.68. The zero-order valence-electron chi connectivity index (χ0n) is 21.5. The summed E-state index contributed by atoms with van der Waals surface area (Å²) in [7, 11) is 0. The largest absolute Gasteiger partial charge is 0.506 e. The number of ether oxygens (including phenoxy) is 1. The van der Waals surface area contributed by atoms with E-state index in [0.29, 0.717) is 29.8 Å². The number of nitrogens with two attached hydrogens (primary N) is 1. The van der Waals surface area contributed by atoms with Gasteiger partial charge in [-0.05, 0) is 45.1 Å². The first-order valence-corrected chi connectivity index (χ1v) is 12.4. The summed E-state index contributed by atoms with van der Waals surface area (Å²) in [6.45, 7) is 9.60. The third-order valence-corrected chi connectivity index (χ3v) is 6.19. The predicted molar refractivity (Wildman–Crippen MR) is 144 cm³/mol. The Morgan fingerprint density at radius 1 is 1.28 bits per heavy atom. The smallest absolute Gasteiger partial charge is 0.405 e. The molecule has 0 saturated carbocycles. The molecule has 0 radical (unpaired) electrons. The number of benzene rings is 1. The summed E-state index contributed by atoms with van der Waals surface area (Å²) in [5.41, 5.74) is 7.77. The van der Waals surface area contributed by atoms with Crippen molar-refractivity contribution in [2.24, 2.45) is 11.7 Å². The second-order valence-electron chi connectivity index (χ2n) is 9.12. The molecule has 2 unspecified atom stereocenters. The Balaban J connectivity index is 2.40. The first-order valence-electron chi connectivity index (χ1n) is 12.4. The molecule has 8 heteroatoms. The first kappa shape index (κ1) is 28.6. The molecule has 36 heavy (non-hydrogen) atoms. The number of carbonyl (C=O) groups is 2. The maximum atomic E-state index is 12.8. The highest BCUT2D eigenvalue weighted by atomic mass is 16.6. The Kier molecular flexibility index (Phi) is 11.1. The van der Waals surface area contributed by atoms with Crippen molar-refractivity contribution in [1.29, 1.82) is 0 Å². The second kappa shape index (κ2) is 14.0. The maximum Gasteiger partial charge on any atom is 0.405 e. The molecule has 1 heterocycles. The number of aromatic hydroxyl groups is 2. The lowest BCUT2D eigenvalue weighted by Gasteiger charge is -2.22. The number of rotatable bonds is 4. The number of primary amides is 1. The van der Waals surface area contributed by atoms with Gasteiger partial charge in [0.05, 0.1) is 11.4 Å². The molecule has 0 aliphatic carbocycles. The molecule has 6 N–H and O–H groups in total. The molecule has 8 nitrogen and oxygen atoms in total. The lowest BCUT2D eigenvalue weighted by atomic mass is 9.96. The van der Waals surface area contributed by atoms with Crippen LogP contribution in [0.1, 0.15) is 58.4 Å². The molecule has 2 amide bonds. The molecule has 2 rings (SSSR count). The third kappa shape index (κ3) is 8.22. The fraction of sp³-hybridized carbons (Fsp3) is 0.429. The van der Waals surface area contributed by atoms with E-state index in [-0.39, 0.29) is 23.1 Å². The van der Waals surface area contributed by atoms with Crippen LogP contribution in [-0.4, -0.2) is 34.9 Å². The van der Waals surface area contributed by atoms with Crippen molar-refractivity contribution in [3.05, 3.63) is 59.7 Å². The number of carbonyl (C=O) groups excluding carboxylic acids is 2. The van der Waals surface area contributed by atoms with Crippen LogP contribution < -0.4 is 16.4 Å². The molecule has 1 aromatic carbocycles. The van der Waals surface area contributed by atoms with Crippen molar-refractivity contribution < 1.29 is 24.5 Å². The molecule has 1 aliphatic heterocycles. The van der Waals surface area contributed by atoms with Gasteiger partial charge in [0.1, 0.15) is 17.6 Å². The van der Waals surface area contributed by atoms with Crippen molar-refractivity contribution in [3.63, 3.8) is 0 Å². The zero-order valence-corrected chi connectivity index (χ0v) is 21.5. The summed E-state index contributed by atoms with van der Waals surface area (Å²) in [6, 6.07) is 1.34. The van der Waals surface area contributed by atoms with E-state index >= 15 is 0 Å². The van der Waals surface area contributed by atoms with E-state index in [9.17, 15) is 19.8 Å². The normalized spacial score (nSPS) is 23.8. The third-order valence-electron chi connectivity index (χ3n) is 6.19. The van der Waals surface area contributed by atoms with Gasteiger partial charge < -0.3 is 31.3 Å². The number of phenolic OH excluding ortho intramolecular Hbond substituents is 2. The number of allylic oxidation sites excluding steroid dienone is 3. The fourth-order valence-corrected chi connectivity index (χ4v) is 4.18. The van der Waals surface area contributed by atoms with Gasteiger partial charge in [-0.15, -0.1) is 6.58 Å². The number of fused-ring (bicyclic) bond motifs is 2. The molecule has 1 aromatic rings. The van der Waals surface area contributed by atoms with Gasteiger partial charge in [0.2, 0.25) is 0 Å². The summed E-state index contributed by atoms with van der Waals surface area (Å²) in [6.07, 6.45) is 12.6. The fourth-order valence-electron chi connectivity index (χ4n) is 4.18. The van der Waals surface area contributed by atoms with Gasteiger partial charge in [-0.3, -0.25) is 4.79 Å². The zero-order chi connectivity index (χ0) is 26.7. The van der Waals surface area contributed by atoms with Crippen LogP contribution in [0.25, 0.3) is 0 Å². The van der Waals surface area contributed by atoms with E-state index in [2.05, 4.69) is 23.3 Å². The standard InChI is InChI=1S/C28H39N3O5/c1-5-16-30-24-21-15-10-8-6-7-9-12-18(2)26(36-28(29)35)19(3)13-11-14-20(4)27(34)31-22(25(21)33)17-23(24)32/h5,11-14,17,19,26,30,32-33H,1,6-10,15-16H2,2-4H3,(H2,29,35)(H,31,34)/b13-11-,18-12+,20-14+. The molecule has 1 aliphatic rings. The Labute approximate surface area is 213 Å². The van der Waals surface area contributed by atoms with E-state index in [1.54, 1.807) is 25.2 Å². The van der Waals surface area contributed by atoms with Crippen molar-refractivity contribution >= 4 is 23.4 Å². The van der Waals surface area contributed by atoms with Crippen molar-refractivity contribution in [2.45, 2.75) is 65.4 Å². The molecule has 0 spiro atoms. The highest BCUT2D eigenvalue weighted by molar-refractivity contribution is 6.04. The molecule has 0 aromatic heterocycles. The minimum atomic E-state index is -0.829. The van der Waals surface area contributed by atoms with Crippen LogP contribution in [0.2, 0.25) is 0 Å². The summed E-state index contributed by atoms with van der Waals surface area (Å²) in [5.74, 6) is -0.698. The highest BCUT2D eigenvalue weighted by Gasteiger charge is 2.21. The van der Waals surface area contributed by atoms with Crippen LogP contribution in [0.4, 0.5) is 16.2 Å². The molecule has 0 saturated heterocycles. The number of nitrogens with one attached hydrogen (secondary N) is 2. The van der Waals surface area contributed by atoms with Gasteiger partial charge in [-0.1, -0.05) is 50.1 Å². The Morgan fingerprint density at radius 2 is 2.00 bits per heavy atom. The van der Waals surface area contributed by atoms with Crippen LogP contribution in [-0.2, 0) is 16.0 Å². The number of hydrogen-bond acceptors (Lipinski definition) is 6. The van der Waals surface area contributed by atoms with Crippen LogP contribution in [0.5, 0.6) is 11.5 Å². The van der Waals surface area contributed by atoms with Gasteiger partial charge in [0, 0.05) is 29.7 Å². The average molecular weight is 498 g/mol. The minimum Gasteiger partial charge on any atom is -0.506 e. The average Bonchev–Trinajstić information content (AvgIpc) is 2.82. The highest BCUT2D eigenvalue weighted by Crippen LogP contribution is 2.41. The van der Waals surface area contributed by atoms with Crippen molar-refractivity contribution in [1.82, 2.24) is 0 Å². The molecular weight excluding hydrogens is 458 g/mol. The lowest BCUT2D eigenvalue weighted by molar-refractivity contribution is -0.112. The Bertz CT molecular complexity index is 1040. The monoisotopic (exact) mass is 497 g/mol. The first-order chi connectivity index (χ1) is 17.1. The SMILES string of the molecule is C=CCNc1c(O)cc2c(O)c1CCCCCC/C=C(\C)C(OC(N)=O)C(C)/C=C\C=C(/C)C(=O)N2. The minimum absolute atomic E-state index is 0.0534. The Morgan fingerprint density at radius 3 is 2.69 bits per heavy atom. The van der Waals surface area contributed by atoms with E-state index in [1.807, 2.05) is 19.9 Å². The van der Waals surface area contributed by atoms with Gasteiger partial charge in [-0.25, -0.2) is 4.79 Å². The predicted octanol–water partition coefficient (Wildman–Crippen LogP) is 5.69. The van der Waals surface area contributed by atoms with Gasteiger partial charge in [0.25, 0.3) is 5.91 Å². The maximum absolute atomic E-state index is 12.8. The van der Waals surface area contributed by atoms with E-state index in [0.717, 1.165) is 37.7 Å². The van der Waals surface area contributed by atoms with E-state index < -0.39 is 18.1 Å². The van der Waals surface area contributed by atoms with Gasteiger partial charge >= 0.3 is 6.09 Å². The second-order valence-corrected chi connectivity index (χ2v) is 9.12. The van der Waals surface area contributed by atoms with Gasteiger partial charge in [0.15, 0.2) is 0 Å². The van der Waals surface area contributed by atoms with Crippen LogP contribution in [0.15, 0.2) is 54.2 Å². The molecule has 2 atom stereocenters. The molecule has 0 fully saturated rings. The van der Waals surface area contributed by atoms with Crippen LogP contribution in [0.3, 0.4) is 0 Å². The summed E-state index contributed by atoms with van der Waals surface area (Å²) in [4.78, 5) is 24.3. The van der Waals surface area contributed by atoms with Crippen molar-refractivity contribution in [3.8, 4) is 11.5 Å². The van der Waals surface area contributed by atoms with Crippen molar-refractivity contribution in [2.75, 3.05) is 17.2 Å². The number of amides is 2. The van der Waals surface area contributed by atoms with Crippen LogP contribution in [0, 0.1) is 5.92 Å². The van der Waals surface area contributed by atoms with Gasteiger partial charge in [-0.2, -0.15) is 0 Å². The number of anilines is 2. The topological polar surface area (TPSA) is 134 Å².